The van der Waals surface area contributed by atoms with E-state index in [1.165, 1.54) is 23.6 Å². The molecule has 0 aromatic heterocycles. The van der Waals surface area contributed by atoms with E-state index in [9.17, 15) is 18.0 Å². The molecule has 0 aliphatic carbocycles. The standard InChI is InChI=1S/C23H35NO7S2Si/c1-16(30-33(7,27)28)19(20(25)29-6)24-15-23(21(24)26,32-18-13-11-10-12-14-18)17(2)31-34(8,9)22(3,4)5/h10-14,17H,15H2,1-9H3/t17-,23+/m1/s1. The molecule has 11 heteroatoms. The van der Waals surface area contributed by atoms with Crippen LogP contribution in [0.2, 0.25) is 18.1 Å². The Labute approximate surface area is 208 Å². The summed E-state index contributed by atoms with van der Waals surface area (Å²) in [6.07, 6.45) is 0.394. The van der Waals surface area contributed by atoms with Crippen molar-refractivity contribution in [2.45, 2.75) is 68.5 Å². The van der Waals surface area contributed by atoms with E-state index in [1.807, 2.05) is 37.3 Å². The summed E-state index contributed by atoms with van der Waals surface area (Å²) in [5.74, 6) is -1.45. The molecule has 34 heavy (non-hydrogen) atoms. The number of methoxy groups -OCH3 is 1. The zero-order valence-electron chi connectivity index (χ0n) is 21.3. The molecule has 0 radical (unpaired) electrons. The van der Waals surface area contributed by atoms with E-state index in [1.54, 1.807) is 0 Å². The van der Waals surface area contributed by atoms with Gasteiger partial charge in [-0.1, -0.05) is 39.0 Å². The first-order chi connectivity index (χ1) is 15.4. The first-order valence-electron chi connectivity index (χ1n) is 10.9. The molecule has 1 aliphatic rings. The van der Waals surface area contributed by atoms with Gasteiger partial charge in [0.05, 0.1) is 26.0 Å². The molecule has 0 saturated carbocycles. The Hall–Kier alpha value is -1.82. The zero-order valence-corrected chi connectivity index (χ0v) is 23.9. The van der Waals surface area contributed by atoms with Gasteiger partial charge >= 0.3 is 16.1 Å². The summed E-state index contributed by atoms with van der Waals surface area (Å²) >= 11 is 1.38. The summed E-state index contributed by atoms with van der Waals surface area (Å²) in [4.78, 5) is 28.4. The molecule has 0 bridgehead atoms. The second-order valence-corrected chi connectivity index (χ2v) is 17.6. The van der Waals surface area contributed by atoms with Crippen LogP contribution in [-0.2, 0) is 33.1 Å². The first-order valence-corrected chi connectivity index (χ1v) is 16.4. The van der Waals surface area contributed by atoms with Gasteiger partial charge in [0.15, 0.2) is 14.0 Å². The molecule has 2 atom stereocenters. The number of hydrogen-bond acceptors (Lipinski definition) is 8. The van der Waals surface area contributed by atoms with E-state index in [0.29, 0.717) is 0 Å². The molecule has 0 N–H and O–H groups in total. The SMILES string of the molecule is COC(=O)C(=C(C)OS(C)(=O)=O)N1C[C@](Sc2ccccc2)([C@@H](C)O[Si](C)(C)C(C)(C)C)C1=O. The monoisotopic (exact) mass is 529 g/mol. The summed E-state index contributed by atoms with van der Waals surface area (Å²) < 4.78 is 38.7. The third-order valence-corrected chi connectivity index (χ3v) is 12.9. The number of esters is 1. The van der Waals surface area contributed by atoms with E-state index in [0.717, 1.165) is 18.3 Å². The Morgan fingerprint density at radius 2 is 1.76 bits per heavy atom. The highest BCUT2D eigenvalue weighted by atomic mass is 32.2. The molecule has 2 rings (SSSR count). The van der Waals surface area contributed by atoms with Gasteiger partial charge in [0.25, 0.3) is 0 Å². The van der Waals surface area contributed by atoms with Crippen LogP contribution in [0.25, 0.3) is 0 Å². The lowest BCUT2D eigenvalue weighted by atomic mass is 9.91. The average molecular weight is 530 g/mol. The van der Waals surface area contributed by atoms with Crippen LogP contribution in [0.5, 0.6) is 0 Å². The molecular weight excluding hydrogens is 494 g/mol. The van der Waals surface area contributed by atoms with Crippen LogP contribution in [0.4, 0.5) is 0 Å². The van der Waals surface area contributed by atoms with Crippen molar-refractivity contribution in [2.75, 3.05) is 19.9 Å². The fourth-order valence-electron chi connectivity index (χ4n) is 3.37. The minimum absolute atomic E-state index is 0.0661. The Morgan fingerprint density at radius 1 is 1.21 bits per heavy atom. The van der Waals surface area contributed by atoms with E-state index in [2.05, 4.69) is 33.9 Å². The van der Waals surface area contributed by atoms with E-state index >= 15 is 0 Å². The van der Waals surface area contributed by atoms with Crippen LogP contribution >= 0.6 is 11.8 Å². The molecule has 8 nitrogen and oxygen atoms in total. The topological polar surface area (TPSA) is 99.2 Å². The maximum atomic E-state index is 13.8. The molecule has 0 spiro atoms. The summed E-state index contributed by atoms with van der Waals surface area (Å²) in [5.41, 5.74) is -0.235. The van der Waals surface area contributed by atoms with Crippen molar-refractivity contribution in [3.63, 3.8) is 0 Å². The molecule has 1 amide bonds. The Bertz CT molecular complexity index is 1060. The normalized spacial score (nSPS) is 20.9. The van der Waals surface area contributed by atoms with E-state index in [-0.39, 0.29) is 28.9 Å². The number of thioether (sulfide) groups is 1. The van der Waals surface area contributed by atoms with Crippen LogP contribution < -0.4 is 0 Å². The lowest BCUT2D eigenvalue weighted by Crippen LogP contribution is -2.71. The van der Waals surface area contributed by atoms with Gasteiger partial charge in [-0.15, -0.1) is 11.8 Å². The fraction of sp³-hybridized carbons (Fsp3) is 0.565. The molecular formula is C23H35NO7S2Si. The van der Waals surface area contributed by atoms with Crippen LogP contribution in [0, 0.1) is 0 Å². The summed E-state index contributed by atoms with van der Waals surface area (Å²) in [6.45, 7) is 13.9. The van der Waals surface area contributed by atoms with Crippen molar-refractivity contribution in [3.8, 4) is 0 Å². The number of hydrogen-bond donors (Lipinski definition) is 0. The first kappa shape index (κ1) is 28.4. The summed E-state index contributed by atoms with van der Waals surface area (Å²) in [5, 5.41) is -0.0661. The Morgan fingerprint density at radius 3 is 2.21 bits per heavy atom. The third kappa shape index (κ3) is 6.05. The van der Waals surface area contributed by atoms with Gasteiger partial charge in [0, 0.05) is 4.90 Å². The number of amides is 1. The quantitative estimate of drug-likeness (QED) is 0.117. The highest BCUT2D eigenvalue weighted by molar-refractivity contribution is 8.01. The summed E-state index contributed by atoms with van der Waals surface area (Å²) in [6, 6.07) is 9.50. The Kier molecular flexibility index (Phi) is 8.39. The fourth-order valence-corrected chi connectivity index (χ4v) is 6.75. The smallest absolute Gasteiger partial charge is 0.358 e. The molecule has 1 aliphatic heterocycles. The highest BCUT2D eigenvalue weighted by Gasteiger charge is 2.60. The molecule has 1 aromatic carbocycles. The lowest BCUT2D eigenvalue weighted by Gasteiger charge is -2.53. The van der Waals surface area contributed by atoms with E-state index in [4.69, 9.17) is 13.3 Å². The van der Waals surface area contributed by atoms with Gasteiger partial charge in [0.1, 0.15) is 10.5 Å². The van der Waals surface area contributed by atoms with E-state index < -0.39 is 35.3 Å². The summed E-state index contributed by atoms with van der Waals surface area (Å²) in [7, 11) is -4.98. The van der Waals surface area contributed by atoms with Gasteiger partial charge < -0.3 is 13.3 Å². The third-order valence-electron chi connectivity index (χ3n) is 6.24. The number of ether oxygens (including phenoxy) is 1. The minimum atomic E-state index is -3.91. The predicted molar refractivity (Wildman–Crippen MR) is 135 cm³/mol. The number of β-lactam (4-membered cyclic amide) rings is 1. The van der Waals surface area contributed by atoms with Crippen LogP contribution in [0.15, 0.2) is 46.7 Å². The largest absolute Gasteiger partial charge is 0.464 e. The molecule has 0 unspecified atom stereocenters. The average Bonchev–Trinajstić information content (AvgIpc) is 2.70. The van der Waals surface area contributed by atoms with Gasteiger partial charge in [-0.3, -0.25) is 9.69 Å². The molecule has 1 saturated heterocycles. The van der Waals surface area contributed by atoms with Gasteiger partial charge in [-0.25, -0.2) is 4.79 Å². The zero-order chi connectivity index (χ0) is 26.1. The molecule has 1 fully saturated rings. The van der Waals surface area contributed by atoms with Crippen molar-refractivity contribution in [1.29, 1.82) is 0 Å². The van der Waals surface area contributed by atoms with Crippen LogP contribution in [0.3, 0.4) is 0 Å². The number of allylic oxidation sites excluding steroid dienone is 1. The van der Waals surface area contributed by atoms with Gasteiger partial charge in [-0.2, -0.15) is 8.42 Å². The second-order valence-electron chi connectivity index (χ2n) is 9.90. The maximum absolute atomic E-state index is 13.8. The maximum Gasteiger partial charge on any atom is 0.358 e. The Balaban J connectivity index is 2.50. The van der Waals surface area contributed by atoms with Crippen LogP contribution in [0.1, 0.15) is 34.6 Å². The number of nitrogens with zero attached hydrogens (tertiary/aromatic N) is 1. The van der Waals surface area contributed by atoms with Gasteiger partial charge in [-0.05, 0) is 44.1 Å². The molecule has 1 heterocycles. The van der Waals surface area contributed by atoms with Gasteiger partial charge in [0.2, 0.25) is 5.91 Å². The van der Waals surface area contributed by atoms with Crippen molar-refractivity contribution >= 4 is 42.1 Å². The van der Waals surface area contributed by atoms with Crippen molar-refractivity contribution in [1.82, 2.24) is 4.90 Å². The number of carbonyl (C=O) groups excluding carboxylic acids is 2. The van der Waals surface area contributed by atoms with Crippen molar-refractivity contribution < 1.29 is 31.4 Å². The number of carbonyl (C=O) groups is 2. The number of likely N-dealkylation sites (tertiary alicyclic amines) is 1. The minimum Gasteiger partial charge on any atom is -0.464 e. The highest BCUT2D eigenvalue weighted by Crippen LogP contribution is 2.49. The predicted octanol–water partition coefficient (Wildman–Crippen LogP) is 4.15. The molecule has 190 valence electrons. The number of benzene rings is 1. The molecule has 1 aromatic rings. The van der Waals surface area contributed by atoms with Crippen molar-refractivity contribution in [3.05, 3.63) is 41.8 Å². The van der Waals surface area contributed by atoms with Crippen LogP contribution in [-0.4, -0.2) is 64.3 Å². The lowest BCUT2D eigenvalue weighted by molar-refractivity contribution is -0.152. The van der Waals surface area contributed by atoms with Crippen molar-refractivity contribution in [2.24, 2.45) is 0 Å². The number of rotatable bonds is 9. The second kappa shape index (κ2) is 10.0.